The van der Waals surface area contributed by atoms with Crippen molar-refractivity contribution in [1.82, 2.24) is 14.9 Å². The molecular formula is C16H29N3. The second-order valence-corrected chi connectivity index (χ2v) is 7.32. The van der Waals surface area contributed by atoms with Crippen LogP contribution in [0.4, 0.5) is 0 Å². The number of fused-ring (bicyclic) bond motifs is 1. The van der Waals surface area contributed by atoms with Gasteiger partial charge in [-0.05, 0) is 11.3 Å². The zero-order chi connectivity index (χ0) is 14.2. The molecule has 2 heterocycles. The molecule has 1 N–H and O–H groups in total. The lowest BCUT2D eigenvalue weighted by atomic mass is 9.82. The van der Waals surface area contributed by atoms with Gasteiger partial charge < -0.3 is 9.88 Å². The van der Waals surface area contributed by atoms with Crippen LogP contribution in [0.25, 0.3) is 0 Å². The normalized spacial score (nSPS) is 17.6. The molecule has 0 aromatic carbocycles. The van der Waals surface area contributed by atoms with Crippen LogP contribution in [0.2, 0.25) is 0 Å². The number of imidazole rings is 1. The first-order valence-electron chi connectivity index (χ1n) is 7.59. The fraction of sp³-hybridized carbons (Fsp3) is 0.812. The van der Waals surface area contributed by atoms with Crippen molar-refractivity contribution in [2.75, 3.05) is 6.54 Å². The molecule has 19 heavy (non-hydrogen) atoms. The Balaban J connectivity index is 2.34. The van der Waals surface area contributed by atoms with Gasteiger partial charge in [-0.25, -0.2) is 4.98 Å². The van der Waals surface area contributed by atoms with Crippen molar-refractivity contribution in [1.29, 1.82) is 0 Å². The summed E-state index contributed by atoms with van der Waals surface area (Å²) in [6, 6.07) is 0. The number of nitrogens with zero attached hydrogens (tertiary/aromatic N) is 2. The lowest BCUT2D eigenvalue weighted by molar-refractivity contribution is 0.228. The molecule has 0 fully saturated rings. The van der Waals surface area contributed by atoms with Crippen molar-refractivity contribution in [3.8, 4) is 0 Å². The maximum absolute atomic E-state index is 4.89. The molecule has 1 aromatic heterocycles. The molecule has 3 nitrogen and oxygen atoms in total. The number of hydrogen-bond donors (Lipinski definition) is 1. The quantitative estimate of drug-likeness (QED) is 0.906. The van der Waals surface area contributed by atoms with Gasteiger partial charge in [-0.15, -0.1) is 0 Å². The van der Waals surface area contributed by atoms with Crippen molar-refractivity contribution in [2.45, 2.75) is 67.0 Å². The smallest absolute Gasteiger partial charge is 0.111 e. The number of hydrogen-bond acceptors (Lipinski definition) is 2. The van der Waals surface area contributed by atoms with E-state index in [1.165, 1.54) is 17.2 Å². The average molecular weight is 263 g/mol. The molecule has 3 heteroatoms. The summed E-state index contributed by atoms with van der Waals surface area (Å²) in [6.07, 6.45) is 1.12. The fourth-order valence-corrected chi connectivity index (χ4v) is 2.58. The lowest BCUT2D eigenvalue weighted by Gasteiger charge is -2.29. The molecule has 1 aliphatic rings. The van der Waals surface area contributed by atoms with Crippen LogP contribution in [0.3, 0.4) is 0 Å². The average Bonchev–Trinajstić information content (AvgIpc) is 2.67. The summed E-state index contributed by atoms with van der Waals surface area (Å²) < 4.78 is 2.51. The fourth-order valence-electron chi connectivity index (χ4n) is 2.58. The topological polar surface area (TPSA) is 29.9 Å². The Morgan fingerprint density at radius 2 is 1.95 bits per heavy atom. The van der Waals surface area contributed by atoms with Gasteiger partial charge in [0.05, 0.1) is 5.69 Å². The molecule has 1 aromatic rings. The maximum atomic E-state index is 4.89. The Hall–Kier alpha value is -0.830. The molecule has 0 aliphatic carbocycles. The third-order valence-corrected chi connectivity index (χ3v) is 4.47. The molecule has 0 saturated heterocycles. The Labute approximate surface area is 117 Å². The van der Waals surface area contributed by atoms with E-state index in [1.807, 2.05) is 0 Å². The van der Waals surface area contributed by atoms with Crippen molar-refractivity contribution < 1.29 is 0 Å². The van der Waals surface area contributed by atoms with Crippen LogP contribution < -0.4 is 5.32 Å². The first-order valence-corrected chi connectivity index (χ1v) is 7.59. The van der Waals surface area contributed by atoms with E-state index in [1.54, 1.807) is 0 Å². The van der Waals surface area contributed by atoms with E-state index in [4.69, 9.17) is 4.98 Å². The minimum absolute atomic E-state index is 0.346. The summed E-state index contributed by atoms with van der Waals surface area (Å²) in [5.74, 6) is 2.42. The molecule has 1 atom stereocenters. The highest BCUT2D eigenvalue weighted by Crippen LogP contribution is 2.30. The lowest BCUT2D eigenvalue weighted by Crippen LogP contribution is -2.28. The summed E-state index contributed by atoms with van der Waals surface area (Å²) in [7, 11) is 0. The molecular weight excluding hydrogens is 234 g/mol. The predicted molar refractivity (Wildman–Crippen MR) is 80.3 cm³/mol. The first-order chi connectivity index (χ1) is 8.80. The highest BCUT2D eigenvalue weighted by molar-refractivity contribution is 5.21. The number of nitrogens with one attached hydrogen (secondary N) is 1. The summed E-state index contributed by atoms with van der Waals surface area (Å²) in [4.78, 5) is 4.89. The van der Waals surface area contributed by atoms with Gasteiger partial charge in [-0.1, -0.05) is 41.5 Å². The monoisotopic (exact) mass is 263 g/mol. The highest BCUT2D eigenvalue weighted by Gasteiger charge is 2.26. The Kier molecular flexibility index (Phi) is 4.05. The summed E-state index contributed by atoms with van der Waals surface area (Å²) >= 11 is 0. The number of rotatable bonds is 3. The second kappa shape index (κ2) is 5.28. The second-order valence-electron chi connectivity index (χ2n) is 7.32. The summed E-state index contributed by atoms with van der Waals surface area (Å²) in [5, 5.41) is 3.43. The largest absolute Gasteiger partial charge is 0.331 e. The molecule has 2 rings (SSSR count). The zero-order valence-electron chi connectivity index (χ0n) is 13.4. The SMILES string of the molecule is CC(C)c1nc2c(n1CC(C)C(C)(C)C)CCNC2. The number of aromatic nitrogens is 2. The molecule has 1 unspecified atom stereocenters. The zero-order valence-corrected chi connectivity index (χ0v) is 13.4. The van der Waals surface area contributed by atoms with Gasteiger partial charge in [0.1, 0.15) is 5.82 Å². The molecule has 0 saturated carbocycles. The van der Waals surface area contributed by atoms with Crippen LogP contribution in [0, 0.1) is 11.3 Å². The van der Waals surface area contributed by atoms with E-state index >= 15 is 0 Å². The van der Waals surface area contributed by atoms with Crippen molar-refractivity contribution in [3.05, 3.63) is 17.2 Å². The molecule has 1 aliphatic heterocycles. The molecule has 0 spiro atoms. The van der Waals surface area contributed by atoms with Crippen LogP contribution in [0.1, 0.15) is 64.7 Å². The van der Waals surface area contributed by atoms with Crippen LogP contribution >= 0.6 is 0 Å². The molecule has 0 radical (unpaired) electrons. The Morgan fingerprint density at radius 1 is 1.26 bits per heavy atom. The third kappa shape index (κ3) is 3.02. The van der Waals surface area contributed by atoms with E-state index < -0.39 is 0 Å². The highest BCUT2D eigenvalue weighted by atomic mass is 15.1. The van der Waals surface area contributed by atoms with E-state index in [0.29, 0.717) is 17.3 Å². The van der Waals surface area contributed by atoms with Gasteiger partial charge >= 0.3 is 0 Å². The van der Waals surface area contributed by atoms with Crippen molar-refractivity contribution >= 4 is 0 Å². The van der Waals surface area contributed by atoms with Gasteiger partial charge in [0.15, 0.2) is 0 Å². The van der Waals surface area contributed by atoms with Gasteiger partial charge in [0.25, 0.3) is 0 Å². The van der Waals surface area contributed by atoms with Crippen LogP contribution in [-0.4, -0.2) is 16.1 Å². The van der Waals surface area contributed by atoms with Gasteiger partial charge in [0, 0.05) is 37.7 Å². The Morgan fingerprint density at radius 3 is 2.53 bits per heavy atom. The van der Waals surface area contributed by atoms with E-state index in [2.05, 4.69) is 51.4 Å². The first kappa shape index (κ1) is 14.6. The van der Waals surface area contributed by atoms with Crippen molar-refractivity contribution in [3.63, 3.8) is 0 Å². The van der Waals surface area contributed by atoms with Crippen molar-refractivity contribution in [2.24, 2.45) is 11.3 Å². The van der Waals surface area contributed by atoms with E-state index in [0.717, 1.165) is 26.1 Å². The predicted octanol–water partition coefficient (Wildman–Crippen LogP) is 3.33. The summed E-state index contributed by atoms with van der Waals surface area (Å²) in [6.45, 7) is 17.0. The maximum Gasteiger partial charge on any atom is 0.111 e. The standard InChI is InChI=1S/C16H29N3/c1-11(2)15-18-13-9-17-8-7-14(13)19(15)10-12(3)16(4,5)6/h11-12,17H,7-10H2,1-6H3. The van der Waals surface area contributed by atoms with Crippen LogP contribution in [-0.2, 0) is 19.5 Å². The summed E-state index contributed by atoms with van der Waals surface area (Å²) in [5.41, 5.74) is 3.09. The van der Waals surface area contributed by atoms with Gasteiger partial charge in [-0.2, -0.15) is 0 Å². The van der Waals surface area contributed by atoms with E-state index in [-0.39, 0.29) is 0 Å². The van der Waals surface area contributed by atoms with Gasteiger partial charge in [-0.3, -0.25) is 0 Å². The molecule has 108 valence electrons. The van der Waals surface area contributed by atoms with Crippen LogP contribution in [0.5, 0.6) is 0 Å². The minimum atomic E-state index is 0.346. The Bertz CT molecular complexity index is 438. The minimum Gasteiger partial charge on any atom is -0.331 e. The third-order valence-electron chi connectivity index (χ3n) is 4.47. The molecule has 0 amide bonds. The molecule has 0 bridgehead atoms. The van der Waals surface area contributed by atoms with E-state index in [9.17, 15) is 0 Å². The van der Waals surface area contributed by atoms with Gasteiger partial charge in [0.2, 0.25) is 0 Å². The van der Waals surface area contributed by atoms with Crippen LogP contribution in [0.15, 0.2) is 0 Å².